The van der Waals surface area contributed by atoms with Crippen LogP contribution in [0.25, 0.3) is 17.0 Å². The predicted octanol–water partition coefficient (Wildman–Crippen LogP) is 7.45. The Labute approximate surface area is 207 Å². The van der Waals surface area contributed by atoms with Crippen LogP contribution in [0.5, 0.6) is 0 Å². The highest BCUT2D eigenvalue weighted by molar-refractivity contribution is 8.19. The number of carbonyl (C=O) groups excluding carboxylic acids is 2. The summed E-state index contributed by atoms with van der Waals surface area (Å²) in [6.07, 6.45) is 4.77. The zero-order valence-corrected chi connectivity index (χ0v) is 20.5. The van der Waals surface area contributed by atoms with E-state index in [2.05, 4.69) is 23.6 Å². The maximum atomic E-state index is 13.2. The van der Waals surface area contributed by atoms with Gasteiger partial charge in [-0.15, -0.1) is 0 Å². The summed E-state index contributed by atoms with van der Waals surface area (Å²) in [5.41, 5.74) is 5.94. The molecule has 2 heterocycles. The largest absolute Gasteiger partial charge is 0.342 e. The maximum absolute atomic E-state index is 13.2. The molecule has 0 aliphatic carbocycles. The van der Waals surface area contributed by atoms with Crippen molar-refractivity contribution < 1.29 is 9.59 Å². The van der Waals surface area contributed by atoms with Crippen LogP contribution in [0.2, 0.25) is 5.02 Å². The van der Waals surface area contributed by atoms with E-state index in [-0.39, 0.29) is 11.1 Å². The van der Waals surface area contributed by atoms with E-state index in [1.807, 2.05) is 61.7 Å². The number of amides is 2. The number of aromatic nitrogens is 1. The number of hydrogen-bond donors (Lipinski definition) is 0. The SMILES string of the molecule is CCc1cccc2c(/C=C3\SC(=O)N(c4ccc(C)cc4)C3=O)cn(Cc3ccccc3Cl)c12. The normalized spacial score (nSPS) is 15.1. The van der Waals surface area contributed by atoms with Crippen LogP contribution in [0.3, 0.4) is 0 Å². The average Bonchev–Trinajstić information content (AvgIpc) is 3.32. The lowest BCUT2D eigenvalue weighted by Gasteiger charge is -2.12. The second kappa shape index (κ2) is 9.16. The smallest absolute Gasteiger partial charge is 0.298 e. The van der Waals surface area contributed by atoms with Crippen LogP contribution in [0.15, 0.2) is 77.8 Å². The second-order valence-corrected chi connectivity index (χ2v) is 9.72. The fourth-order valence-corrected chi connectivity index (χ4v) is 5.35. The molecule has 0 saturated carbocycles. The van der Waals surface area contributed by atoms with Gasteiger partial charge >= 0.3 is 0 Å². The van der Waals surface area contributed by atoms with Crippen molar-refractivity contribution in [1.82, 2.24) is 4.57 Å². The van der Waals surface area contributed by atoms with Crippen LogP contribution >= 0.6 is 23.4 Å². The molecule has 0 atom stereocenters. The quantitative estimate of drug-likeness (QED) is 0.275. The molecule has 34 heavy (non-hydrogen) atoms. The van der Waals surface area contributed by atoms with Crippen molar-refractivity contribution in [2.75, 3.05) is 4.90 Å². The summed E-state index contributed by atoms with van der Waals surface area (Å²) in [7, 11) is 0. The lowest BCUT2D eigenvalue weighted by Crippen LogP contribution is -2.27. The number of aryl methyl sites for hydroxylation is 2. The number of nitrogens with zero attached hydrogens (tertiary/aromatic N) is 2. The Morgan fingerprint density at radius 1 is 0.941 bits per heavy atom. The Morgan fingerprint density at radius 3 is 2.41 bits per heavy atom. The van der Waals surface area contributed by atoms with E-state index in [9.17, 15) is 9.59 Å². The fraction of sp³-hybridized carbons (Fsp3) is 0.143. The Kier molecular flexibility index (Phi) is 6.07. The Morgan fingerprint density at radius 2 is 1.68 bits per heavy atom. The van der Waals surface area contributed by atoms with Crippen LogP contribution in [0, 0.1) is 6.92 Å². The number of anilines is 1. The molecular formula is C28H23ClN2O2S. The summed E-state index contributed by atoms with van der Waals surface area (Å²) in [5, 5.41) is 1.49. The van der Waals surface area contributed by atoms with Gasteiger partial charge in [0, 0.05) is 28.7 Å². The molecule has 1 aromatic heterocycles. The van der Waals surface area contributed by atoms with E-state index in [4.69, 9.17) is 11.6 Å². The molecule has 0 spiro atoms. The van der Waals surface area contributed by atoms with Gasteiger partial charge < -0.3 is 4.57 Å². The van der Waals surface area contributed by atoms with Gasteiger partial charge in [-0.1, -0.05) is 72.6 Å². The molecule has 3 aromatic carbocycles. The first-order chi connectivity index (χ1) is 16.5. The van der Waals surface area contributed by atoms with Gasteiger partial charge in [-0.25, -0.2) is 4.90 Å². The predicted molar refractivity (Wildman–Crippen MR) is 141 cm³/mol. The van der Waals surface area contributed by atoms with E-state index in [1.165, 1.54) is 10.5 Å². The van der Waals surface area contributed by atoms with Crippen molar-refractivity contribution in [1.29, 1.82) is 0 Å². The van der Waals surface area contributed by atoms with Gasteiger partial charge in [-0.05, 0) is 60.5 Å². The van der Waals surface area contributed by atoms with Gasteiger partial charge in [0.15, 0.2) is 0 Å². The number of thioether (sulfide) groups is 1. The molecule has 0 unspecified atom stereocenters. The van der Waals surface area contributed by atoms with Gasteiger partial charge in [0.05, 0.1) is 16.1 Å². The van der Waals surface area contributed by atoms with E-state index in [0.29, 0.717) is 17.1 Å². The first-order valence-electron chi connectivity index (χ1n) is 11.1. The zero-order chi connectivity index (χ0) is 23.8. The third-order valence-electron chi connectivity index (χ3n) is 6.06. The van der Waals surface area contributed by atoms with Gasteiger partial charge in [0.1, 0.15) is 0 Å². The number of carbonyl (C=O) groups is 2. The molecule has 6 heteroatoms. The fourth-order valence-electron chi connectivity index (χ4n) is 4.33. The lowest BCUT2D eigenvalue weighted by atomic mass is 10.1. The van der Waals surface area contributed by atoms with Gasteiger partial charge in [-0.3, -0.25) is 9.59 Å². The Hall–Kier alpha value is -3.28. The van der Waals surface area contributed by atoms with Crippen LogP contribution < -0.4 is 4.90 Å². The van der Waals surface area contributed by atoms with Crippen molar-refractivity contribution >= 4 is 57.2 Å². The number of hydrogen-bond acceptors (Lipinski definition) is 3. The van der Waals surface area contributed by atoms with Crippen LogP contribution in [0.1, 0.15) is 29.2 Å². The molecule has 170 valence electrons. The maximum Gasteiger partial charge on any atom is 0.298 e. The minimum atomic E-state index is -0.294. The summed E-state index contributed by atoms with van der Waals surface area (Å²) in [6, 6.07) is 21.5. The first-order valence-corrected chi connectivity index (χ1v) is 12.3. The molecule has 4 nitrogen and oxygen atoms in total. The average molecular weight is 487 g/mol. The molecule has 1 saturated heterocycles. The minimum absolute atomic E-state index is 0.283. The molecule has 0 radical (unpaired) electrons. The highest BCUT2D eigenvalue weighted by atomic mass is 35.5. The Balaban J connectivity index is 1.58. The summed E-state index contributed by atoms with van der Waals surface area (Å²) in [6.45, 7) is 4.72. The van der Waals surface area contributed by atoms with Crippen molar-refractivity contribution in [3.05, 3.63) is 105 Å². The molecule has 4 aromatic rings. The highest BCUT2D eigenvalue weighted by Gasteiger charge is 2.36. The van der Waals surface area contributed by atoms with Crippen molar-refractivity contribution in [2.45, 2.75) is 26.8 Å². The summed E-state index contributed by atoms with van der Waals surface area (Å²) in [4.78, 5) is 27.6. The molecule has 2 amide bonds. The molecule has 0 bridgehead atoms. The van der Waals surface area contributed by atoms with Crippen LogP contribution in [0.4, 0.5) is 10.5 Å². The van der Waals surface area contributed by atoms with Gasteiger partial charge in [0.2, 0.25) is 0 Å². The zero-order valence-electron chi connectivity index (χ0n) is 18.9. The number of halogens is 1. The lowest BCUT2D eigenvalue weighted by molar-refractivity contribution is -0.113. The van der Waals surface area contributed by atoms with Crippen LogP contribution in [-0.4, -0.2) is 15.7 Å². The van der Waals surface area contributed by atoms with Crippen molar-refractivity contribution in [3.63, 3.8) is 0 Å². The standard InChI is InChI=1S/C28H23ClN2O2S/c1-3-19-8-6-9-23-21(17-30(26(19)23)16-20-7-4-5-10-24(20)29)15-25-27(32)31(28(33)34-25)22-13-11-18(2)12-14-22/h4-15,17H,3,16H2,1-2H3/b25-15-. The number of rotatable bonds is 5. The third-order valence-corrected chi connectivity index (χ3v) is 7.30. The van der Waals surface area contributed by atoms with Crippen LogP contribution in [-0.2, 0) is 17.8 Å². The summed E-state index contributed by atoms with van der Waals surface area (Å²) < 4.78 is 2.19. The molecular weight excluding hydrogens is 464 g/mol. The van der Waals surface area contributed by atoms with Gasteiger partial charge in [-0.2, -0.15) is 0 Å². The highest BCUT2D eigenvalue weighted by Crippen LogP contribution is 2.37. The number of fused-ring (bicyclic) bond motifs is 1. The monoisotopic (exact) mass is 486 g/mol. The second-order valence-electron chi connectivity index (χ2n) is 8.32. The molecule has 1 fully saturated rings. The minimum Gasteiger partial charge on any atom is -0.342 e. The summed E-state index contributed by atoms with van der Waals surface area (Å²) >= 11 is 7.42. The number of benzene rings is 3. The molecule has 5 rings (SSSR count). The topological polar surface area (TPSA) is 42.3 Å². The third kappa shape index (κ3) is 4.06. The molecule has 1 aliphatic rings. The van der Waals surface area contributed by atoms with E-state index in [1.54, 1.807) is 12.1 Å². The van der Waals surface area contributed by atoms with E-state index < -0.39 is 0 Å². The van der Waals surface area contributed by atoms with Crippen molar-refractivity contribution in [2.24, 2.45) is 0 Å². The number of imide groups is 1. The first kappa shape index (κ1) is 22.5. The summed E-state index contributed by atoms with van der Waals surface area (Å²) in [5.74, 6) is -0.294. The van der Waals surface area contributed by atoms with Crippen molar-refractivity contribution in [3.8, 4) is 0 Å². The van der Waals surface area contributed by atoms with E-state index in [0.717, 1.165) is 50.8 Å². The Bertz CT molecular complexity index is 1450. The molecule has 0 N–H and O–H groups in total. The van der Waals surface area contributed by atoms with E-state index >= 15 is 0 Å². The van der Waals surface area contributed by atoms with Gasteiger partial charge in [0.25, 0.3) is 11.1 Å². The molecule has 1 aliphatic heterocycles. The number of para-hydroxylation sites is 1.